The van der Waals surface area contributed by atoms with Crippen molar-refractivity contribution >= 4 is 0 Å². The van der Waals surface area contributed by atoms with E-state index in [1.54, 1.807) is 0 Å². The number of hydrogen-bond acceptors (Lipinski definition) is 2. The molecular formula is C17H27NO. The lowest BCUT2D eigenvalue weighted by atomic mass is 9.66. The second-order valence-corrected chi connectivity index (χ2v) is 6.57. The van der Waals surface area contributed by atoms with Gasteiger partial charge in [0, 0.05) is 12.0 Å². The van der Waals surface area contributed by atoms with Crippen LogP contribution in [0.3, 0.4) is 0 Å². The smallest absolute Gasteiger partial charge is 0.0858 e. The van der Waals surface area contributed by atoms with E-state index < -0.39 is 6.10 Å². The second-order valence-electron chi connectivity index (χ2n) is 6.57. The summed E-state index contributed by atoms with van der Waals surface area (Å²) in [5, 5.41) is 10.9. The van der Waals surface area contributed by atoms with Gasteiger partial charge in [-0.1, -0.05) is 49.1 Å². The summed E-state index contributed by atoms with van der Waals surface area (Å²) < 4.78 is 0. The highest BCUT2D eigenvalue weighted by molar-refractivity contribution is 5.31. The van der Waals surface area contributed by atoms with E-state index >= 15 is 0 Å². The highest BCUT2D eigenvalue weighted by Crippen LogP contribution is 2.46. The Hall–Kier alpha value is -0.860. The maximum Gasteiger partial charge on any atom is 0.0858 e. The Bertz CT molecular complexity index is 413. The third-order valence-electron chi connectivity index (χ3n) is 4.82. The summed E-state index contributed by atoms with van der Waals surface area (Å²) in [5.41, 5.74) is 9.39. The van der Waals surface area contributed by atoms with Gasteiger partial charge in [-0.15, -0.1) is 0 Å². The fourth-order valence-corrected chi connectivity index (χ4v) is 3.45. The summed E-state index contributed by atoms with van der Waals surface area (Å²) in [4.78, 5) is 0. The Morgan fingerprint density at radius 1 is 1.21 bits per heavy atom. The highest BCUT2D eigenvalue weighted by atomic mass is 16.3. The van der Waals surface area contributed by atoms with Gasteiger partial charge in [0.2, 0.25) is 0 Å². The second kappa shape index (κ2) is 5.64. The molecule has 0 amide bonds. The van der Waals surface area contributed by atoms with Gasteiger partial charge in [0.15, 0.2) is 0 Å². The molecule has 0 saturated heterocycles. The van der Waals surface area contributed by atoms with Crippen LogP contribution < -0.4 is 5.73 Å². The van der Waals surface area contributed by atoms with Crippen molar-refractivity contribution in [1.82, 2.24) is 0 Å². The molecule has 0 aliphatic heterocycles. The van der Waals surface area contributed by atoms with Crippen LogP contribution in [0.1, 0.15) is 55.4 Å². The number of aryl methyl sites for hydroxylation is 2. The summed E-state index contributed by atoms with van der Waals surface area (Å²) in [7, 11) is 0. The number of aliphatic hydroxyl groups is 1. The van der Waals surface area contributed by atoms with Crippen molar-refractivity contribution in [3.8, 4) is 0 Å². The maximum atomic E-state index is 10.9. The summed E-state index contributed by atoms with van der Waals surface area (Å²) in [5.74, 6) is 0.770. The number of benzene rings is 1. The van der Waals surface area contributed by atoms with E-state index in [1.165, 1.54) is 24.0 Å². The van der Waals surface area contributed by atoms with Crippen molar-refractivity contribution in [3.05, 3.63) is 34.9 Å². The van der Waals surface area contributed by atoms with Crippen molar-refractivity contribution in [2.45, 2.75) is 52.6 Å². The molecule has 106 valence electrons. The minimum Gasteiger partial charge on any atom is -0.388 e. The number of rotatable bonds is 3. The van der Waals surface area contributed by atoms with Crippen molar-refractivity contribution in [3.63, 3.8) is 0 Å². The molecule has 1 aromatic carbocycles. The van der Waals surface area contributed by atoms with E-state index in [1.807, 2.05) is 0 Å². The molecule has 3 N–H and O–H groups in total. The molecule has 19 heavy (non-hydrogen) atoms. The molecule has 0 bridgehead atoms. The van der Waals surface area contributed by atoms with Crippen LogP contribution >= 0.6 is 0 Å². The van der Waals surface area contributed by atoms with Gasteiger partial charge < -0.3 is 10.8 Å². The van der Waals surface area contributed by atoms with Crippen LogP contribution in [0.2, 0.25) is 0 Å². The van der Waals surface area contributed by atoms with Gasteiger partial charge in [0.05, 0.1) is 6.10 Å². The van der Waals surface area contributed by atoms with Crippen LogP contribution in [0.15, 0.2) is 18.2 Å². The number of nitrogens with two attached hydrogens (primary N) is 1. The predicted molar refractivity (Wildman–Crippen MR) is 80.0 cm³/mol. The molecule has 1 fully saturated rings. The zero-order valence-electron chi connectivity index (χ0n) is 12.4. The first-order chi connectivity index (χ1) is 8.97. The van der Waals surface area contributed by atoms with Crippen molar-refractivity contribution in [2.75, 3.05) is 6.54 Å². The molecule has 1 atom stereocenters. The fourth-order valence-electron chi connectivity index (χ4n) is 3.45. The quantitative estimate of drug-likeness (QED) is 0.875. The molecule has 0 aromatic heterocycles. The maximum absolute atomic E-state index is 10.9. The molecule has 1 aliphatic rings. The van der Waals surface area contributed by atoms with Crippen molar-refractivity contribution in [2.24, 2.45) is 17.1 Å². The molecule has 0 heterocycles. The lowest BCUT2D eigenvalue weighted by Crippen LogP contribution is -2.40. The molecule has 0 spiro atoms. The third kappa shape index (κ3) is 3.01. The minimum atomic E-state index is -0.427. The van der Waals surface area contributed by atoms with Gasteiger partial charge in [-0.05, 0) is 38.2 Å². The lowest BCUT2D eigenvalue weighted by molar-refractivity contribution is -0.00824. The molecule has 1 aliphatic carbocycles. The Kier molecular flexibility index (Phi) is 4.32. The van der Waals surface area contributed by atoms with Crippen LogP contribution in [-0.4, -0.2) is 11.7 Å². The Labute approximate surface area is 117 Å². The monoisotopic (exact) mass is 261 g/mol. The molecule has 2 rings (SSSR count). The average molecular weight is 261 g/mol. The molecule has 1 aromatic rings. The summed E-state index contributed by atoms with van der Waals surface area (Å²) >= 11 is 0. The first-order valence-corrected chi connectivity index (χ1v) is 7.43. The van der Waals surface area contributed by atoms with Gasteiger partial charge in [0.1, 0.15) is 0 Å². The predicted octanol–water partition coefficient (Wildman–Crippen LogP) is 3.49. The van der Waals surface area contributed by atoms with Gasteiger partial charge in [-0.3, -0.25) is 0 Å². The molecule has 1 unspecified atom stereocenters. The van der Waals surface area contributed by atoms with E-state index in [4.69, 9.17) is 5.73 Å². The zero-order valence-corrected chi connectivity index (χ0v) is 12.4. The summed E-state index contributed by atoms with van der Waals surface area (Å²) in [6, 6.07) is 6.36. The van der Waals surface area contributed by atoms with E-state index in [2.05, 4.69) is 39.0 Å². The van der Waals surface area contributed by atoms with Crippen LogP contribution in [0.4, 0.5) is 0 Å². The average Bonchev–Trinajstić information content (AvgIpc) is 2.38. The number of aliphatic hydroxyl groups excluding tert-OH is 1. The van der Waals surface area contributed by atoms with Crippen LogP contribution in [-0.2, 0) is 0 Å². The summed E-state index contributed by atoms with van der Waals surface area (Å²) in [6.45, 7) is 7.04. The van der Waals surface area contributed by atoms with Crippen LogP contribution in [0, 0.1) is 25.2 Å². The molecule has 2 nitrogen and oxygen atoms in total. The minimum absolute atomic E-state index is 0.118. The summed E-state index contributed by atoms with van der Waals surface area (Å²) in [6.07, 6.45) is 4.01. The molecule has 2 heteroatoms. The normalized spacial score (nSPS) is 29.2. The largest absolute Gasteiger partial charge is 0.388 e. The Morgan fingerprint density at radius 3 is 2.21 bits per heavy atom. The number of hydrogen-bond donors (Lipinski definition) is 2. The first-order valence-electron chi connectivity index (χ1n) is 7.43. The van der Waals surface area contributed by atoms with Gasteiger partial charge in [-0.25, -0.2) is 0 Å². The molecular weight excluding hydrogens is 234 g/mol. The molecule has 1 saturated carbocycles. The first kappa shape index (κ1) is 14.5. The third-order valence-corrected chi connectivity index (χ3v) is 4.82. The van der Waals surface area contributed by atoms with Crippen molar-refractivity contribution < 1.29 is 5.11 Å². The Balaban J connectivity index is 2.27. The fraction of sp³-hybridized carbons (Fsp3) is 0.647. The van der Waals surface area contributed by atoms with Crippen LogP contribution in [0.5, 0.6) is 0 Å². The lowest BCUT2D eigenvalue weighted by Gasteiger charge is -2.42. The van der Waals surface area contributed by atoms with Gasteiger partial charge >= 0.3 is 0 Å². The Morgan fingerprint density at radius 2 is 1.74 bits per heavy atom. The van der Waals surface area contributed by atoms with E-state index in [9.17, 15) is 5.11 Å². The van der Waals surface area contributed by atoms with E-state index in [0.29, 0.717) is 6.54 Å². The van der Waals surface area contributed by atoms with Gasteiger partial charge in [-0.2, -0.15) is 0 Å². The SMILES string of the molecule is Cc1cc(C)cc(C(O)C2(CN)CCC(C)CC2)c1. The van der Waals surface area contributed by atoms with Crippen molar-refractivity contribution in [1.29, 1.82) is 0 Å². The van der Waals surface area contributed by atoms with E-state index in [0.717, 1.165) is 24.3 Å². The standard InChI is InChI=1S/C17H27NO/c1-12-4-6-17(11-18,7-5-12)16(19)15-9-13(2)8-14(3)10-15/h8-10,12,16,19H,4-7,11,18H2,1-3H3. The topological polar surface area (TPSA) is 46.2 Å². The van der Waals surface area contributed by atoms with Crippen LogP contribution in [0.25, 0.3) is 0 Å². The molecule has 0 radical (unpaired) electrons. The van der Waals surface area contributed by atoms with Gasteiger partial charge in [0.25, 0.3) is 0 Å². The highest BCUT2D eigenvalue weighted by Gasteiger charge is 2.40. The zero-order chi connectivity index (χ0) is 14.0. The van der Waals surface area contributed by atoms with E-state index in [-0.39, 0.29) is 5.41 Å².